The van der Waals surface area contributed by atoms with Crippen molar-refractivity contribution in [2.45, 2.75) is 23.5 Å². The molecule has 0 saturated carbocycles. The molecule has 2 aromatic carbocycles. The fraction of sp³-hybridized carbons (Fsp3) is 0.286. The zero-order valence-corrected chi connectivity index (χ0v) is 17.2. The first-order valence-corrected chi connectivity index (χ1v) is 11.0. The van der Waals surface area contributed by atoms with Crippen molar-refractivity contribution in [3.05, 3.63) is 83.8 Å². The van der Waals surface area contributed by atoms with E-state index in [2.05, 4.69) is 10.3 Å². The highest BCUT2D eigenvalue weighted by Crippen LogP contribution is 2.31. The summed E-state index contributed by atoms with van der Waals surface area (Å²) in [7, 11) is -2.04. The zero-order valence-electron chi connectivity index (χ0n) is 16.4. The van der Waals surface area contributed by atoms with Gasteiger partial charge in [0.1, 0.15) is 11.6 Å². The molecule has 0 unspecified atom stereocenters. The molecule has 3 aromatic rings. The number of hydrogen-bond donors (Lipinski definition) is 1. The zero-order chi connectivity index (χ0) is 21.3. The van der Waals surface area contributed by atoms with Crippen molar-refractivity contribution in [1.82, 2.24) is 19.2 Å². The van der Waals surface area contributed by atoms with Crippen LogP contribution in [0.4, 0.5) is 8.78 Å². The number of aromatic nitrogens is 2. The van der Waals surface area contributed by atoms with E-state index >= 15 is 0 Å². The lowest BCUT2D eigenvalue weighted by molar-refractivity contribution is 0.454. The van der Waals surface area contributed by atoms with E-state index in [4.69, 9.17) is 0 Å². The molecule has 0 amide bonds. The molecule has 0 bridgehead atoms. The first-order chi connectivity index (χ1) is 14.3. The van der Waals surface area contributed by atoms with Gasteiger partial charge in [-0.3, -0.25) is 0 Å². The topological polar surface area (TPSA) is 67.2 Å². The Morgan fingerprint density at radius 2 is 1.67 bits per heavy atom. The fourth-order valence-electron chi connectivity index (χ4n) is 3.72. The number of aryl methyl sites for hydroxylation is 1. The maximum Gasteiger partial charge on any atom is 0.262 e. The Morgan fingerprint density at radius 1 is 1.03 bits per heavy atom. The van der Waals surface area contributed by atoms with Crippen LogP contribution in [0.2, 0.25) is 0 Å². The van der Waals surface area contributed by atoms with E-state index in [0.29, 0.717) is 6.54 Å². The molecule has 6 nitrogen and oxygen atoms in total. The molecule has 1 saturated heterocycles. The van der Waals surface area contributed by atoms with Crippen LogP contribution in [0.15, 0.2) is 66.1 Å². The number of hydrogen-bond acceptors (Lipinski definition) is 4. The number of nitrogens with one attached hydrogen (secondary N) is 1. The van der Waals surface area contributed by atoms with E-state index in [9.17, 15) is 17.2 Å². The molecule has 1 fully saturated rings. The van der Waals surface area contributed by atoms with Gasteiger partial charge in [0.25, 0.3) is 10.0 Å². The smallest absolute Gasteiger partial charge is 0.262 e. The minimum Gasteiger partial charge on any atom is -0.339 e. The van der Waals surface area contributed by atoms with Gasteiger partial charge in [-0.25, -0.2) is 22.2 Å². The van der Waals surface area contributed by atoms with Crippen LogP contribution in [-0.4, -0.2) is 41.4 Å². The first kappa shape index (κ1) is 20.6. The van der Waals surface area contributed by atoms with Crippen molar-refractivity contribution in [2.24, 2.45) is 7.05 Å². The minimum atomic E-state index is -3.75. The lowest BCUT2D eigenvalue weighted by Crippen LogP contribution is -2.36. The van der Waals surface area contributed by atoms with Crippen molar-refractivity contribution in [2.75, 3.05) is 13.1 Å². The summed E-state index contributed by atoms with van der Waals surface area (Å²) in [6.07, 6.45) is 2.92. The summed E-state index contributed by atoms with van der Waals surface area (Å²) in [5.41, 5.74) is 1.74. The van der Waals surface area contributed by atoms with Crippen LogP contribution in [0, 0.1) is 11.6 Å². The van der Waals surface area contributed by atoms with Gasteiger partial charge >= 0.3 is 0 Å². The molecular formula is C21H22F2N4O2S. The van der Waals surface area contributed by atoms with Gasteiger partial charge in [-0.2, -0.15) is 4.31 Å². The van der Waals surface area contributed by atoms with Gasteiger partial charge < -0.3 is 9.88 Å². The third-order valence-corrected chi connectivity index (χ3v) is 7.07. The summed E-state index contributed by atoms with van der Waals surface area (Å²) in [6.45, 7) is 0.966. The molecule has 4 rings (SSSR count). The summed E-state index contributed by atoms with van der Waals surface area (Å²) >= 11 is 0. The molecule has 30 heavy (non-hydrogen) atoms. The summed E-state index contributed by atoms with van der Waals surface area (Å²) in [4.78, 5) is 4.00. The number of benzene rings is 2. The molecule has 9 heteroatoms. The third-order valence-electron chi connectivity index (χ3n) is 5.35. The van der Waals surface area contributed by atoms with E-state index in [1.807, 2.05) is 0 Å². The summed E-state index contributed by atoms with van der Waals surface area (Å²) in [5, 5.41) is 3.39. The number of sulfonamides is 1. The van der Waals surface area contributed by atoms with Crippen LogP contribution in [-0.2, 0) is 23.6 Å². The lowest BCUT2D eigenvalue weighted by atomic mass is 9.94. The van der Waals surface area contributed by atoms with Crippen LogP contribution < -0.4 is 5.32 Å². The predicted octanol–water partition coefficient (Wildman–Crippen LogP) is 2.64. The van der Waals surface area contributed by atoms with Crippen LogP contribution in [0.1, 0.15) is 17.0 Å². The van der Waals surface area contributed by atoms with Crippen LogP contribution in [0.3, 0.4) is 0 Å². The maximum absolute atomic E-state index is 13.4. The van der Waals surface area contributed by atoms with Gasteiger partial charge in [0.2, 0.25) is 0 Å². The second-order valence-corrected chi connectivity index (χ2v) is 9.36. The average molecular weight is 432 g/mol. The van der Waals surface area contributed by atoms with E-state index in [1.165, 1.54) is 41.1 Å². The van der Waals surface area contributed by atoms with Gasteiger partial charge in [-0.15, -0.1) is 0 Å². The standard InChI is InChI=1S/C21H22F2N4O2S/c1-26-13-21(25-14-26)30(28,29)27-11-19(16-4-8-18(23)9-5-16)20(12-27)24-10-15-2-6-17(22)7-3-15/h2-9,13-14,19-20,24H,10-12H2,1H3/t19-,20+/m1/s1. The van der Waals surface area contributed by atoms with Crippen LogP contribution >= 0.6 is 0 Å². The Labute approximate surface area is 174 Å². The van der Waals surface area contributed by atoms with Crippen LogP contribution in [0.5, 0.6) is 0 Å². The predicted molar refractivity (Wildman–Crippen MR) is 108 cm³/mol. The first-order valence-electron chi connectivity index (χ1n) is 9.54. The Kier molecular flexibility index (Phi) is 5.68. The highest BCUT2D eigenvalue weighted by molar-refractivity contribution is 7.89. The Bertz CT molecular complexity index is 1110. The summed E-state index contributed by atoms with van der Waals surface area (Å²) in [6, 6.07) is 12.1. The van der Waals surface area contributed by atoms with E-state index < -0.39 is 10.0 Å². The molecule has 0 spiro atoms. The second kappa shape index (κ2) is 8.25. The highest BCUT2D eigenvalue weighted by atomic mass is 32.2. The molecule has 1 aliphatic heterocycles. The Hall–Kier alpha value is -2.62. The fourth-order valence-corrected chi connectivity index (χ4v) is 5.18. The van der Waals surface area contributed by atoms with Gasteiger partial charge in [-0.1, -0.05) is 24.3 Å². The Balaban J connectivity index is 1.58. The molecule has 2 atom stereocenters. The second-order valence-electron chi connectivity index (χ2n) is 7.47. The molecule has 158 valence electrons. The van der Waals surface area contributed by atoms with Crippen LogP contribution in [0.25, 0.3) is 0 Å². The Morgan fingerprint density at radius 3 is 2.27 bits per heavy atom. The molecule has 0 aliphatic carbocycles. The van der Waals surface area contributed by atoms with Crippen molar-refractivity contribution in [1.29, 1.82) is 0 Å². The lowest BCUT2D eigenvalue weighted by Gasteiger charge is -2.20. The number of nitrogens with zero attached hydrogens (tertiary/aromatic N) is 3. The molecular weight excluding hydrogens is 410 g/mol. The van der Waals surface area contributed by atoms with E-state index in [-0.39, 0.29) is 41.7 Å². The van der Waals surface area contributed by atoms with Crippen molar-refractivity contribution >= 4 is 10.0 Å². The van der Waals surface area contributed by atoms with E-state index in [0.717, 1.165) is 11.1 Å². The van der Waals surface area contributed by atoms with Gasteiger partial charge in [-0.05, 0) is 35.4 Å². The normalized spacial score (nSPS) is 20.0. The number of rotatable bonds is 6. The average Bonchev–Trinajstić information content (AvgIpc) is 3.35. The van der Waals surface area contributed by atoms with Gasteiger partial charge in [0.15, 0.2) is 5.03 Å². The number of imidazole rings is 1. The highest BCUT2D eigenvalue weighted by Gasteiger charge is 2.40. The maximum atomic E-state index is 13.4. The van der Waals surface area contributed by atoms with Gasteiger partial charge in [0.05, 0.1) is 6.33 Å². The monoisotopic (exact) mass is 432 g/mol. The molecule has 1 aromatic heterocycles. The van der Waals surface area contributed by atoms with Gasteiger partial charge in [0, 0.05) is 44.8 Å². The SMILES string of the molecule is Cn1cnc(S(=O)(=O)N2C[C@H](NCc3ccc(F)cc3)[C@@H](c3ccc(F)cc3)C2)c1. The largest absolute Gasteiger partial charge is 0.339 e. The van der Waals surface area contributed by atoms with Crippen molar-refractivity contribution < 1.29 is 17.2 Å². The molecule has 0 radical (unpaired) electrons. The molecule has 1 aliphatic rings. The minimum absolute atomic E-state index is 0.00189. The summed E-state index contributed by atoms with van der Waals surface area (Å²) in [5.74, 6) is -0.813. The van der Waals surface area contributed by atoms with Crippen molar-refractivity contribution in [3.8, 4) is 0 Å². The quantitative estimate of drug-likeness (QED) is 0.650. The molecule has 2 heterocycles. The third kappa shape index (κ3) is 4.28. The van der Waals surface area contributed by atoms with E-state index in [1.54, 1.807) is 35.9 Å². The molecule has 1 N–H and O–H groups in total. The van der Waals surface area contributed by atoms with Crippen molar-refractivity contribution in [3.63, 3.8) is 0 Å². The summed E-state index contributed by atoms with van der Waals surface area (Å²) < 4.78 is 55.7. The number of halogens is 2.